The summed E-state index contributed by atoms with van der Waals surface area (Å²) in [5.41, 5.74) is 4.02. The topological polar surface area (TPSA) is 25.8 Å². The number of hydrogen-bond donors (Lipinski definition) is 0. The first kappa shape index (κ1) is 14.7. The molecule has 2 aromatic rings. The van der Waals surface area contributed by atoms with E-state index in [1.54, 1.807) is 12.4 Å². The summed E-state index contributed by atoms with van der Waals surface area (Å²) in [6.45, 7) is 13.5. The van der Waals surface area contributed by atoms with E-state index in [2.05, 4.69) is 69.7 Å². The second kappa shape index (κ2) is 5.01. The monoisotopic (exact) mass is 268 g/mol. The predicted octanol–water partition coefficient (Wildman–Crippen LogP) is 4.74. The van der Waals surface area contributed by atoms with Crippen molar-refractivity contribution >= 4 is 0 Å². The van der Waals surface area contributed by atoms with Crippen LogP contribution in [0.3, 0.4) is 0 Å². The van der Waals surface area contributed by atoms with E-state index < -0.39 is 0 Å². The van der Waals surface area contributed by atoms with Crippen LogP contribution in [0.25, 0.3) is 11.4 Å². The van der Waals surface area contributed by atoms with Crippen molar-refractivity contribution in [3.05, 3.63) is 47.8 Å². The first-order valence-electron chi connectivity index (χ1n) is 7.12. The highest BCUT2D eigenvalue weighted by molar-refractivity contribution is 5.65. The lowest BCUT2D eigenvalue weighted by atomic mass is 9.73. The lowest BCUT2D eigenvalue weighted by Crippen LogP contribution is -2.23. The number of hydrogen-bond acceptors (Lipinski definition) is 2. The number of benzene rings is 1. The zero-order valence-electron chi connectivity index (χ0n) is 13.4. The molecule has 1 heterocycles. The zero-order chi connectivity index (χ0) is 15.0. The van der Waals surface area contributed by atoms with Crippen LogP contribution in [-0.2, 0) is 10.8 Å². The lowest BCUT2D eigenvalue weighted by Gasteiger charge is -2.32. The van der Waals surface area contributed by atoms with Gasteiger partial charge in [0.05, 0.1) is 0 Å². The fourth-order valence-corrected chi connectivity index (χ4v) is 2.61. The van der Waals surface area contributed by atoms with Gasteiger partial charge in [-0.05, 0) is 28.0 Å². The van der Waals surface area contributed by atoms with Crippen molar-refractivity contribution in [2.75, 3.05) is 0 Å². The molecule has 106 valence electrons. The Balaban J connectivity index is 2.77. The Labute approximate surface area is 122 Å². The van der Waals surface area contributed by atoms with Crippen molar-refractivity contribution in [1.82, 2.24) is 9.97 Å². The van der Waals surface area contributed by atoms with Crippen LogP contribution in [-0.4, -0.2) is 9.97 Å². The van der Waals surface area contributed by atoms with Gasteiger partial charge in [0.25, 0.3) is 0 Å². The third kappa shape index (κ3) is 2.90. The van der Waals surface area contributed by atoms with Crippen molar-refractivity contribution in [2.45, 2.75) is 52.4 Å². The molecule has 0 aliphatic heterocycles. The largest absolute Gasteiger partial charge is 0.237 e. The van der Waals surface area contributed by atoms with Crippen molar-refractivity contribution in [1.29, 1.82) is 0 Å². The molecule has 1 aromatic carbocycles. The lowest BCUT2D eigenvalue weighted by molar-refractivity contribution is 0.531. The van der Waals surface area contributed by atoms with Crippen molar-refractivity contribution in [3.8, 4) is 11.4 Å². The molecule has 0 bridgehead atoms. The molecule has 0 N–H and O–H groups in total. The first-order valence-corrected chi connectivity index (χ1v) is 7.12. The molecule has 0 fully saturated rings. The molecule has 1 aromatic heterocycles. The van der Waals surface area contributed by atoms with Gasteiger partial charge in [-0.3, -0.25) is 0 Å². The van der Waals surface area contributed by atoms with E-state index in [4.69, 9.17) is 0 Å². The second-order valence-corrected chi connectivity index (χ2v) is 7.30. The van der Waals surface area contributed by atoms with Gasteiger partial charge in [-0.1, -0.05) is 59.7 Å². The van der Waals surface area contributed by atoms with Gasteiger partial charge >= 0.3 is 0 Å². The summed E-state index contributed by atoms with van der Waals surface area (Å²) in [7, 11) is 0. The molecular weight excluding hydrogens is 244 g/mol. The van der Waals surface area contributed by atoms with Gasteiger partial charge in [0.2, 0.25) is 0 Å². The highest BCUT2D eigenvalue weighted by Gasteiger charge is 2.28. The van der Waals surface area contributed by atoms with Crippen molar-refractivity contribution in [3.63, 3.8) is 0 Å². The molecule has 0 unspecified atom stereocenters. The third-order valence-electron chi connectivity index (χ3n) is 3.43. The van der Waals surface area contributed by atoms with Gasteiger partial charge in [-0.25, -0.2) is 9.97 Å². The average Bonchev–Trinajstić information content (AvgIpc) is 2.37. The van der Waals surface area contributed by atoms with E-state index in [0.29, 0.717) is 0 Å². The molecule has 0 radical (unpaired) electrons. The second-order valence-electron chi connectivity index (χ2n) is 7.30. The third-order valence-corrected chi connectivity index (χ3v) is 3.43. The number of rotatable bonds is 1. The minimum absolute atomic E-state index is 0.0540. The van der Waals surface area contributed by atoms with Crippen LogP contribution in [0, 0.1) is 0 Å². The summed E-state index contributed by atoms with van der Waals surface area (Å²) < 4.78 is 0. The summed E-state index contributed by atoms with van der Waals surface area (Å²) in [5.74, 6) is 0.809. The Morgan fingerprint density at radius 2 is 1.35 bits per heavy atom. The first-order chi connectivity index (χ1) is 9.21. The Bertz CT molecular complexity index is 587. The van der Waals surface area contributed by atoms with Gasteiger partial charge < -0.3 is 0 Å². The van der Waals surface area contributed by atoms with Gasteiger partial charge in [-0.2, -0.15) is 0 Å². The van der Waals surface area contributed by atoms with E-state index in [1.807, 2.05) is 6.07 Å². The Morgan fingerprint density at radius 3 is 1.85 bits per heavy atom. The maximum atomic E-state index is 4.44. The number of aromatic nitrogens is 2. The summed E-state index contributed by atoms with van der Waals surface area (Å²) >= 11 is 0. The fraction of sp³-hybridized carbons (Fsp3) is 0.444. The molecule has 0 atom stereocenters. The van der Waals surface area contributed by atoms with E-state index >= 15 is 0 Å². The minimum atomic E-state index is 0.0540. The van der Waals surface area contributed by atoms with Crippen LogP contribution in [0.15, 0.2) is 36.7 Å². The predicted molar refractivity (Wildman–Crippen MR) is 84.9 cm³/mol. The highest BCUT2D eigenvalue weighted by Crippen LogP contribution is 2.39. The highest BCUT2D eigenvalue weighted by atomic mass is 14.9. The van der Waals surface area contributed by atoms with Crippen LogP contribution in [0.2, 0.25) is 0 Å². The van der Waals surface area contributed by atoms with Crippen LogP contribution in [0.5, 0.6) is 0 Å². The molecule has 0 amide bonds. The molecule has 0 aliphatic rings. The van der Waals surface area contributed by atoms with E-state index in [-0.39, 0.29) is 10.8 Å². The number of nitrogens with zero attached hydrogens (tertiary/aromatic N) is 2. The average molecular weight is 268 g/mol. The summed E-state index contributed by atoms with van der Waals surface area (Å²) in [6.07, 6.45) is 3.61. The zero-order valence-corrected chi connectivity index (χ0v) is 13.4. The molecular formula is C18H24N2. The maximum absolute atomic E-state index is 4.44. The van der Waals surface area contributed by atoms with Gasteiger partial charge in [0.1, 0.15) is 0 Å². The minimum Gasteiger partial charge on any atom is -0.237 e. The molecule has 0 aliphatic carbocycles. The van der Waals surface area contributed by atoms with E-state index in [1.165, 1.54) is 11.1 Å². The van der Waals surface area contributed by atoms with Crippen LogP contribution < -0.4 is 0 Å². The Kier molecular flexibility index (Phi) is 3.68. The molecule has 20 heavy (non-hydrogen) atoms. The van der Waals surface area contributed by atoms with Gasteiger partial charge in [0.15, 0.2) is 5.82 Å². The normalized spacial score (nSPS) is 12.5. The van der Waals surface area contributed by atoms with E-state index in [9.17, 15) is 0 Å². The van der Waals surface area contributed by atoms with Gasteiger partial charge in [0, 0.05) is 18.0 Å². The molecule has 0 spiro atoms. The SMILES string of the molecule is CC(C)(C)c1cccc(-c2ncccn2)c1C(C)(C)C. The van der Waals surface area contributed by atoms with Gasteiger partial charge in [-0.15, -0.1) is 0 Å². The molecule has 2 rings (SSSR count). The summed E-state index contributed by atoms with van der Waals surface area (Å²) in [4.78, 5) is 8.87. The maximum Gasteiger partial charge on any atom is 0.159 e. The summed E-state index contributed by atoms with van der Waals surface area (Å²) in [6, 6.07) is 8.33. The Morgan fingerprint density at radius 1 is 0.750 bits per heavy atom. The van der Waals surface area contributed by atoms with E-state index in [0.717, 1.165) is 11.4 Å². The molecule has 2 nitrogen and oxygen atoms in total. The smallest absolute Gasteiger partial charge is 0.159 e. The van der Waals surface area contributed by atoms with Crippen molar-refractivity contribution < 1.29 is 0 Å². The summed E-state index contributed by atoms with van der Waals surface area (Å²) in [5, 5.41) is 0. The standard InChI is InChI=1S/C18H24N2/c1-17(2,3)14-10-7-9-13(15(14)18(4,5)6)16-19-11-8-12-20-16/h7-12H,1-6H3. The Hall–Kier alpha value is -1.70. The van der Waals surface area contributed by atoms with Crippen molar-refractivity contribution in [2.24, 2.45) is 0 Å². The van der Waals surface area contributed by atoms with Crippen LogP contribution in [0.1, 0.15) is 52.7 Å². The molecule has 2 heteroatoms. The fourth-order valence-electron chi connectivity index (χ4n) is 2.61. The van der Waals surface area contributed by atoms with Crippen LogP contribution >= 0.6 is 0 Å². The van der Waals surface area contributed by atoms with Crippen LogP contribution in [0.4, 0.5) is 0 Å². The molecule has 0 saturated heterocycles. The quantitative estimate of drug-likeness (QED) is 0.746. The molecule has 0 saturated carbocycles.